The van der Waals surface area contributed by atoms with Crippen LogP contribution in [0.15, 0.2) is 18.3 Å². The number of aromatic nitrogens is 1. The number of rotatable bonds is 1. The van der Waals surface area contributed by atoms with Crippen LogP contribution < -0.4 is 0 Å². The Bertz CT molecular complexity index is 394. The maximum atomic E-state index is 12.2. The number of pyridine rings is 1. The first-order chi connectivity index (χ1) is 8.06. The Morgan fingerprint density at radius 2 is 2.00 bits per heavy atom. The molecule has 2 rings (SSSR count). The van der Waals surface area contributed by atoms with Gasteiger partial charge in [-0.05, 0) is 30.4 Å². The summed E-state index contributed by atoms with van der Waals surface area (Å²) in [5, 5.41) is 0.418. The molecule has 92 valence electrons. The van der Waals surface area contributed by atoms with Gasteiger partial charge in [-0.1, -0.05) is 25.4 Å². The minimum atomic E-state index is 0.0626. The van der Waals surface area contributed by atoms with Crippen molar-refractivity contribution in [3.63, 3.8) is 0 Å². The summed E-state index contributed by atoms with van der Waals surface area (Å²) >= 11 is 5.71. The van der Waals surface area contributed by atoms with Crippen LogP contribution >= 0.6 is 11.6 Å². The highest BCUT2D eigenvalue weighted by Gasteiger charge is 2.26. The van der Waals surface area contributed by atoms with E-state index in [1.807, 2.05) is 4.90 Å². The number of piperidine rings is 1. The normalized spacial score (nSPS) is 24.8. The van der Waals surface area contributed by atoms with Gasteiger partial charge in [-0.15, -0.1) is 0 Å². The fourth-order valence-corrected chi connectivity index (χ4v) is 2.63. The molecule has 1 aromatic rings. The van der Waals surface area contributed by atoms with Gasteiger partial charge in [0, 0.05) is 19.3 Å². The molecule has 17 heavy (non-hydrogen) atoms. The highest BCUT2D eigenvalue weighted by Crippen LogP contribution is 2.22. The predicted octanol–water partition coefficient (Wildman–Crippen LogP) is 2.85. The van der Waals surface area contributed by atoms with Crippen molar-refractivity contribution in [2.45, 2.75) is 20.3 Å². The van der Waals surface area contributed by atoms with Crippen molar-refractivity contribution in [1.29, 1.82) is 0 Å². The molecular weight excluding hydrogens is 236 g/mol. The average Bonchev–Trinajstić information content (AvgIpc) is 2.28. The summed E-state index contributed by atoms with van der Waals surface area (Å²) in [6.45, 7) is 6.06. The van der Waals surface area contributed by atoms with E-state index in [4.69, 9.17) is 11.6 Å². The quantitative estimate of drug-likeness (QED) is 0.720. The Morgan fingerprint density at radius 3 is 2.53 bits per heavy atom. The zero-order valence-electron chi connectivity index (χ0n) is 10.2. The summed E-state index contributed by atoms with van der Waals surface area (Å²) < 4.78 is 0. The van der Waals surface area contributed by atoms with E-state index in [1.165, 1.54) is 6.42 Å². The SMILES string of the molecule is C[C@@H]1C[C@@H](C)CN(C(=O)c2ccc(Cl)nc2)C1. The van der Waals surface area contributed by atoms with Gasteiger partial charge in [0.25, 0.3) is 5.91 Å². The molecule has 0 radical (unpaired) electrons. The van der Waals surface area contributed by atoms with E-state index >= 15 is 0 Å². The predicted molar refractivity (Wildman–Crippen MR) is 68.1 cm³/mol. The molecule has 0 spiro atoms. The third-order valence-electron chi connectivity index (χ3n) is 3.13. The summed E-state index contributed by atoms with van der Waals surface area (Å²) in [6, 6.07) is 3.40. The van der Waals surface area contributed by atoms with Gasteiger partial charge in [-0.3, -0.25) is 4.79 Å². The number of carbonyl (C=O) groups is 1. The minimum absolute atomic E-state index is 0.0626. The molecule has 1 aromatic heterocycles. The monoisotopic (exact) mass is 252 g/mol. The van der Waals surface area contributed by atoms with Crippen LogP contribution in [-0.2, 0) is 0 Å². The van der Waals surface area contributed by atoms with Crippen LogP contribution in [0.3, 0.4) is 0 Å². The Balaban J connectivity index is 2.11. The summed E-state index contributed by atoms with van der Waals surface area (Å²) in [4.78, 5) is 18.1. The third-order valence-corrected chi connectivity index (χ3v) is 3.35. The van der Waals surface area contributed by atoms with Crippen molar-refractivity contribution in [2.75, 3.05) is 13.1 Å². The molecule has 0 bridgehead atoms. The van der Waals surface area contributed by atoms with E-state index in [-0.39, 0.29) is 5.91 Å². The fraction of sp³-hybridized carbons (Fsp3) is 0.538. The van der Waals surface area contributed by atoms with E-state index in [0.717, 1.165) is 13.1 Å². The molecular formula is C13H17ClN2O. The summed E-state index contributed by atoms with van der Waals surface area (Å²) in [6.07, 6.45) is 2.75. The van der Waals surface area contributed by atoms with Gasteiger partial charge < -0.3 is 4.90 Å². The smallest absolute Gasteiger partial charge is 0.255 e. The first-order valence-corrected chi connectivity index (χ1v) is 6.35. The van der Waals surface area contributed by atoms with E-state index in [1.54, 1.807) is 18.3 Å². The van der Waals surface area contributed by atoms with Crippen LogP contribution in [0.1, 0.15) is 30.6 Å². The van der Waals surface area contributed by atoms with Gasteiger partial charge in [0.15, 0.2) is 0 Å². The van der Waals surface area contributed by atoms with Crippen molar-refractivity contribution < 1.29 is 4.79 Å². The number of amides is 1. The highest BCUT2D eigenvalue weighted by atomic mass is 35.5. The Kier molecular flexibility index (Phi) is 3.67. The Hall–Kier alpha value is -1.09. The summed E-state index contributed by atoms with van der Waals surface area (Å²) in [7, 11) is 0. The van der Waals surface area contributed by atoms with Crippen LogP contribution in [0.5, 0.6) is 0 Å². The zero-order chi connectivity index (χ0) is 12.4. The van der Waals surface area contributed by atoms with Gasteiger partial charge >= 0.3 is 0 Å². The maximum Gasteiger partial charge on any atom is 0.255 e. The minimum Gasteiger partial charge on any atom is -0.338 e. The van der Waals surface area contributed by atoms with Crippen LogP contribution in [0, 0.1) is 11.8 Å². The number of nitrogens with zero attached hydrogens (tertiary/aromatic N) is 2. The molecule has 0 aromatic carbocycles. The second-order valence-electron chi connectivity index (χ2n) is 5.03. The number of hydrogen-bond donors (Lipinski definition) is 0. The van der Waals surface area contributed by atoms with Gasteiger partial charge in [0.1, 0.15) is 5.15 Å². The Morgan fingerprint density at radius 1 is 1.35 bits per heavy atom. The average molecular weight is 253 g/mol. The molecule has 1 aliphatic rings. The molecule has 3 nitrogen and oxygen atoms in total. The summed E-state index contributed by atoms with van der Waals surface area (Å²) in [5.41, 5.74) is 0.621. The Labute approximate surface area is 107 Å². The standard InChI is InChI=1S/C13H17ClN2O/c1-9-5-10(2)8-16(7-9)13(17)11-3-4-12(14)15-6-11/h3-4,6,9-10H,5,7-8H2,1-2H3/t9-,10-/m1/s1. The lowest BCUT2D eigenvalue weighted by Crippen LogP contribution is -2.42. The van der Waals surface area contributed by atoms with Crippen LogP contribution in [0.25, 0.3) is 0 Å². The lowest BCUT2D eigenvalue weighted by atomic mass is 9.91. The number of hydrogen-bond acceptors (Lipinski definition) is 2. The van der Waals surface area contributed by atoms with Crippen molar-refractivity contribution in [3.8, 4) is 0 Å². The van der Waals surface area contributed by atoms with E-state index in [0.29, 0.717) is 22.6 Å². The van der Waals surface area contributed by atoms with Crippen LogP contribution in [0.4, 0.5) is 0 Å². The van der Waals surface area contributed by atoms with Gasteiger partial charge in [-0.2, -0.15) is 0 Å². The molecule has 4 heteroatoms. The molecule has 0 saturated carbocycles. The topological polar surface area (TPSA) is 33.2 Å². The molecule has 0 aliphatic carbocycles. The second-order valence-corrected chi connectivity index (χ2v) is 5.41. The fourth-order valence-electron chi connectivity index (χ4n) is 2.51. The molecule has 0 N–H and O–H groups in total. The maximum absolute atomic E-state index is 12.2. The molecule has 1 saturated heterocycles. The first-order valence-electron chi connectivity index (χ1n) is 5.97. The highest BCUT2D eigenvalue weighted by molar-refractivity contribution is 6.29. The third kappa shape index (κ3) is 2.97. The van der Waals surface area contributed by atoms with E-state index < -0.39 is 0 Å². The van der Waals surface area contributed by atoms with Crippen molar-refractivity contribution in [3.05, 3.63) is 29.0 Å². The molecule has 1 amide bonds. The van der Waals surface area contributed by atoms with Gasteiger partial charge in [0.05, 0.1) is 5.56 Å². The largest absolute Gasteiger partial charge is 0.338 e. The van der Waals surface area contributed by atoms with Crippen molar-refractivity contribution in [2.24, 2.45) is 11.8 Å². The van der Waals surface area contributed by atoms with Gasteiger partial charge in [-0.25, -0.2) is 4.98 Å². The molecule has 0 unspecified atom stereocenters. The number of likely N-dealkylation sites (tertiary alicyclic amines) is 1. The lowest BCUT2D eigenvalue weighted by molar-refractivity contribution is 0.0622. The van der Waals surface area contributed by atoms with Gasteiger partial charge in [0.2, 0.25) is 0 Å². The van der Waals surface area contributed by atoms with Crippen LogP contribution in [0.2, 0.25) is 5.15 Å². The van der Waals surface area contributed by atoms with Crippen molar-refractivity contribution in [1.82, 2.24) is 9.88 Å². The zero-order valence-corrected chi connectivity index (χ0v) is 10.9. The van der Waals surface area contributed by atoms with Crippen LogP contribution in [-0.4, -0.2) is 28.9 Å². The molecule has 1 fully saturated rings. The first kappa shape index (κ1) is 12.4. The number of carbonyl (C=O) groups excluding carboxylic acids is 1. The summed E-state index contributed by atoms with van der Waals surface area (Å²) in [5.74, 6) is 1.21. The van der Waals surface area contributed by atoms with E-state index in [2.05, 4.69) is 18.8 Å². The molecule has 2 heterocycles. The van der Waals surface area contributed by atoms with Crippen molar-refractivity contribution >= 4 is 17.5 Å². The second kappa shape index (κ2) is 5.05. The number of halogens is 1. The molecule has 2 atom stereocenters. The lowest BCUT2D eigenvalue weighted by Gasteiger charge is -2.35. The molecule has 1 aliphatic heterocycles. The van der Waals surface area contributed by atoms with E-state index in [9.17, 15) is 4.79 Å².